The molecule has 0 amide bonds. The number of hydrogen-bond acceptors (Lipinski definition) is 4. The van der Waals surface area contributed by atoms with E-state index in [1.54, 1.807) is 18.2 Å². The van der Waals surface area contributed by atoms with Crippen LogP contribution in [0.5, 0.6) is 0 Å². The van der Waals surface area contributed by atoms with Crippen LogP contribution >= 0.6 is 0 Å². The molecule has 0 spiro atoms. The summed E-state index contributed by atoms with van der Waals surface area (Å²) < 4.78 is 39.4. The van der Waals surface area contributed by atoms with Crippen molar-refractivity contribution in [2.45, 2.75) is 38.9 Å². The summed E-state index contributed by atoms with van der Waals surface area (Å²) in [7, 11) is -1.11. The van der Waals surface area contributed by atoms with E-state index in [9.17, 15) is 8.42 Å². The topological polar surface area (TPSA) is 67.9 Å². The van der Waals surface area contributed by atoms with Crippen molar-refractivity contribution >= 4 is 28.5 Å². The van der Waals surface area contributed by atoms with Crippen LogP contribution in [0, 0.1) is 0 Å². The Kier molecular flexibility index (Phi) is 4.34. The molecule has 1 aliphatic rings. The van der Waals surface area contributed by atoms with Crippen LogP contribution in [0.25, 0.3) is 0 Å². The average Bonchev–Trinajstić information content (AvgIpc) is 2.58. The van der Waals surface area contributed by atoms with E-state index in [4.69, 9.17) is 9.31 Å². The van der Waals surface area contributed by atoms with Crippen LogP contribution in [0.1, 0.15) is 27.7 Å². The predicted molar refractivity (Wildman–Crippen MR) is 88.4 cm³/mol. The van der Waals surface area contributed by atoms with Gasteiger partial charge < -0.3 is 9.31 Å². The number of nitrogens with zero attached hydrogens (tertiary/aromatic N) is 1. The molecule has 1 aliphatic heterocycles. The minimum Gasteiger partial charge on any atom is -0.399 e. The van der Waals surface area contributed by atoms with Crippen molar-refractivity contribution < 1.29 is 17.7 Å². The van der Waals surface area contributed by atoms with E-state index in [-0.39, 0.29) is 0 Å². The second-order valence-electron chi connectivity index (χ2n) is 6.60. The maximum absolute atomic E-state index is 11.9. The Morgan fingerprint density at radius 1 is 1.09 bits per heavy atom. The van der Waals surface area contributed by atoms with Gasteiger partial charge in [-0.25, -0.2) is 0 Å². The van der Waals surface area contributed by atoms with Crippen LogP contribution in [-0.4, -0.2) is 45.1 Å². The molecule has 0 aliphatic carbocycles. The molecule has 0 aromatic heterocycles. The van der Waals surface area contributed by atoms with Gasteiger partial charge in [0.15, 0.2) is 0 Å². The lowest BCUT2D eigenvalue weighted by atomic mass is 9.79. The minimum atomic E-state index is -3.54. The number of nitrogens with one attached hydrogen (secondary N) is 1. The van der Waals surface area contributed by atoms with Crippen LogP contribution in [0.15, 0.2) is 24.3 Å². The highest BCUT2D eigenvalue weighted by Gasteiger charge is 2.51. The van der Waals surface area contributed by atoms with Crippen LogP contribution in [0.4, 0.5) is 5.69 Å². The molecule has 22 heavy (non-hydrogen) atoms. The lowest BCUT2D eigenvalue weighted by Crippen LogP contribution is -2.41. The van der Waals surface area contributed by atoms with E-state index in [2.05, 4.69) is 4.72 Å². The van der Waals surface area contributed by atoms with Crippen LogP contribution in [0.3, 0.4) is 0 Å². The first-order valence-corrected chi connectivity index (χ1v) is 8.54. The first kappa shape index (κ1) is 17.3. The van der Waals surface area contributed by atoms with Crippen molar-refractivity contribution in [3.05, 3.63) is 24.3 Å². The highest BCUT2D eigenvalue weighted by Crippen LogP contribution is 2.36. The first-order valence-electron chi connectivity index (χ1n) is 7.10. The summed E-state index contributed by atoms with van der Waals surface area (Å²) in [6, 6.07) is 7.04. The number of benzene rings is 1. The van der Waals surface area contributed by atoms with Gasteiger partial charge in [0.2, 0.25) is 0 Å². The number of hydrogen-bond donors (Lipinski definition) is 1. The Labute approximate surface area is 133 Å². The molecular formula is C14H23BN2O4S. The zero-order valence-electron chi connectivity index (χ0n) is 13.9. The Balaban J connectivity index is 2.24. The third-order valence-corrected chi connectivity index (χ3v) is 5.59. The first-order chi connectivity index (χ1) is 9.95. The zero-order valence-corrected chi connectivity index (χ0v) is 14.7. The molecule has 0 bridgehead atoms. The summed E-state index contributed by atoms with van der Waals surface area (Å²) in [6.07, 6.45) is 0. The fraction of sp³-hybridized carbons (Fsp3) is 0.571. The average molecular weight is 326 g/mol. The van der Waals surface area contributed by atoms with E-state index >= 15 is 0 Å². The van der Waals surface area contributed by atoms with Crippen molar-refractivity contribution in [2.24, 2.45) is 0 Å². The predicted octanol–water partition coefficient (Wildman–Crippen LogP) is 1.20. The fourth-order valence-electron chi connectivity index (χ4n) is 1.97. The largest absolute Gasteiger partial charge is 0.494 e. The van der Waals surface area contributed by atoms with Gasteiger partial charge in [0.05, 0.1) is 11.2 Å². The van der Waals surface area contributed by atoms with Crippen LogP contribution < -0.4 is 10.2 Å². The zero-order chi connectivity index (χ0) is 16.8. The Morgan fingerprint density at radius 3 is 2.14 bits per heavy atom. The van der Waals surface area contributed by atoms with Crippen LogP contribution in [0.2, 0.25) is 0 Å². The lowest BCUT2D eigenvalue weighted by molar-refractivity contribution is 0.00578. The van der Waals surface area contributed by atoms with Gasteiger partial charge in [0, 0.05) is 19.8 Å². The van der Waals surface area contributed by atoms with Gasteiger partial charge in [-0.1, -0.05) is 12.1 Å². The van der Waals surface area contributed by atoms with E-state index in [0.717, 1.165) is 9.77 Å². The third kappa shape index (κ3) is 3.30. The molecule has 0 atom stereocenters. The monoisotopic (exact) mass is 326 g/mol. The summed E-state index contributed by atoms with van der Waals surface area (Å²) in [5.41, 5.74) is 0.381. The molecule has 0 radical (unpaired) electrons. The van der Waals surface area contributed by atoms with E-state index in [1.165, 1.54) is 14.1 Å². The molecule has 1 aromatic carbocycles. The van der Waals surface area contributed by atoms with Gasteiger partial charge in [-0.3, -0.25) is 4.72 Å². The van der Waals surface area contributed by atoms with Crippen molar-refractivity contribution in [2.75, 3.05) is 18.8 Å². The lowest BCUT2D eigenvalue weighted by Gasteiger charge is -2.32. The molecule has 1 N–H and O–H groups in total. The Hall–Kier alpha value is -1.09. The highest BCUT2D eigenvalue weighted by molar-refractivity contribution is 7.90. The summed E-state index contributed by atoms with van der Waals surface area (Å²) in [4.78, 5) is 0. The second-order valence-corrected chi connectivity index (χ2v) is 8.49. The maximum atomic E-state index is 11.9. The highest BCUT2D eigenvalue weighted by atomic mass is 32.2. The van der Waals surface area contributed by atoms with Gasteiger partial charge in [-0.2, -0.15) is 12.7 Å². The minimum absolute atomic E-state index is 0.434. The van der Waals surface area contributed by atoms with Crippen molar-refractivity contribution in [1.82, 2.24) is 4.31 Å². The van der Waals surface area contributed by atoms with Gasteiger partial charge >= 0.3 is 17.3 Å². The van der Waals surface area contributed by atoms with Crippen molar-refractivity contribution in [1.29, 1.82) is 0 Å². The van der Waals surface area contributed by atoms with Gasteiger partial charge in [-0.05, 0) is 45.3 Å². The molecule has 2 rings (SSSR count). The SMILES string of the molecule is CN(C)S(=O)(=O)Nc1cccc(B2OC(C)(C)C(C)(C)O2)c1. The van der Waals surface area contributed by atoms with Gasteiger partial charge in [-0.15, -0.1) is 0 Å². The van der Waals surface area contributed by atoms with Crippen molar-refractivity contribution in [3.63, 3.8) is 0 Å². The smallest absolute Gasteiger partial charge is 0.399 e. The van der Waals surface area contributed by atoms with E-state index in [1.807, 2.05) is 33.8 Å². The summed E-state index contributed by atoms with van der Waals surface area (Å²) in [5.74, 6) is 0. The molecule has 6 nitrogen and oxygen atoms in total. The maximum Gasteiger partial charge on any atom is 0.494 e. The Bertz CT molecular complexity index is 643. The summed E-state index contributed by atoms with van der Waals surface area (Å²) in [6.45, 7) is 7.91. The Morgan fingerprint density at radius 2 is 1.64 bits per heavy atom. The third-order valence-electron chi connectivity index (χ3n) is 4.14. The second kappa shape index (κ2) is 5.52. The molecule has 122 valence electrons. The molecule has 1 heterocycles. The molecule has 0 unspecified atom stereocenters. The fourth-order valence-corrected chi connectivity index (χ4v) is 2.58. The van der Waals surface area contributed by atoms with Crippen molar-refractivity contribution in [3.8, 4) is 0 Å². The molecule has 0 saturated carbocycles. The van der Waals surface area contributed by atoms with Crippen LogP contribution in [-0.2, 0) is 19.5 Å². The number of anilines is 1. The quantitative estimate of drug-likeness (QED) is 0.845. The normalized spacial score (nSPS) is 20.4. The summed E-state index contributed by atoms with van der Waals surface area (Å²) >= 11 is 0. The number of rotatable bonds is 4. The van der Waals surface area contributed by atoms with E-state index < -0.39 is 28.5 Å². The standard InChI is InChI=1S/C14H23BN2O4S/c1-13(2)14(3,4)21-15(20-13)11-8-7-9-12(10-11)16-22(18,19)17(5)6/h7-10,16H,1-6H3. The van der Waals surface area contributed by atoms with Gasteiger partial charge in [0.1, 0.15) is 0 Å². The van der Waals surface area contributed by atoms with Gasteiger partial charge in [0.25, 0.3) is 0 Å². The summed E-state index contributed by atoms with van der Waals surface area (Å²) in [5, 5.41) is 0. The molecule has 1 aromatic rings. The van der Waals surface area contributed by atoms with E-state index in [0.29, 0.717) is 5.69 Å². The molecule has 8 heteroatoms. The molecular weight excluding hydrogens is 303 g/mol. The molecule has 1 fully saturated rings. The molecule has 1 saturated heterocycles.